The summed E-state index contributed by atoms with van der Waals surface area (Å²) in [7, 11) is 4.17. The molecular formula is C19H20N2. The molecule has 0 fully saturated rings. The molecule has 0 aliphatic heterocycles. The maximum atomic E-state index is 2.28. The maximum Gasteiger partial charge on any atom is 0.0426 e. The zero-order valence-corrected chi connectivity index (χ0v) is 12.5. The second-order valence-corrected chi connectivity index (χ2v) is 5.34. The number of hydrogen-bond acceptors (Lipinski definition) is 0. The lowest BCUT2D eigenvalue weighted by atomic mass is 9.95. The van der Waals surface area contributed by atoms with Crippen molar-refractivity contribution in [1.29, 1.82) is 0 Å². The lowest BCUT2D eigenvalue weighted by molar-refractivity contribution is 0.809. The van der Waals surface area contributed by atoms with E-state index in [4.69, 9.17) is 0 Å². The van der Waals surface area contributed by atoms with Crippen LogP contribution in [0.1, 0.15) is 22.9 Å². The van der Waals surface area contributed by atoms with Crippen molar-refractivity contribution in [2.75, 3.05) is 0 Å². The third-order valence-electron chi connectivity index (χ3n) is 3.90. The number of aromatic nitrogens is 2. The van der Waals surface area contributed by atoms with E-state index in [1.165, 1.54) is 17.0 Å². The minimum atomic E-state index is 0.265. The molecule has 0 aliphatic rings. The molecule has 0 aliphatic carbocycles. The average molecular weight is 276 g/mol. The van der Waals surface area contributed by atoms with Crippen LogP contribution in [0.4, 0.5) is 0 Å². The summed E-state index contributed by atoms with van der Waals surface area (Å²) in [5.74, 6) is 0.265. The van der Waals surface area contributed by atoms with Crippen LogP contribution in [0.15, 0.2) is 73.1 Å². The molecule has 0 radical (unpaired) electrons. The van der Waals surface area contributed by atoms with Gasteiger partial charge in [0.15, 0.2) is 0 Å². The van der Waals surface area contributed by atoms with Crippen molar-refractivity contribution in [1.82, 2.24) is 9.13 Å². The van der Waals surface area contributed by atoms with Gasteiger partial charge in [0.25, 0.3) is 0 Å². The van der Waals surface area contributed by atoms with E-state index in [1.807, 2.05) is 0 Å². The van der Waals surface area contributed by atoms with Gasteiger partial charge >= 0.3 is 0 Å². The Labute approximate surface area is 126 Å². The summed E-state index contributed by atoms with van der Waals surface area (Å²) < 4.78 is 4.32. The molecule has 2 heterocycles. The van der Waals surface area contributed by atoms with E-state index in [-0.39, 0.29) is 5.92 Å². The average Bonchev–Trinajstić information content (AvgIpc) is 3.10. The molecule has 1 aromatic carbocycles. The van der Waals surface area contributed by atoms with Crippen LogP contribution in [0.5, 0.6) is 0 Å². The number of rotatable bonds is 4. The fraction of sp³-hybridized carbons (Fsp3) is 0.158. The molecule has 3 rings (SSSR count). The first-order valence-corrected chi connectivity index (χ1v) is 7.21. The first-order chi connectivity index (χ1) is 10.3. The van der Waals surface area contributed by atoms with Gasteiger partial charge in [-0.1, -0.05) is 36.4 Å². The smallest absolute Gasteiger partial charge is 0.0426 e. The van der Waals surface area contributed by atoms with Gasteiger partial charge in [-0.3, -0.25) is 0 Å². The molecule has 2 aromatic heterocycles. The molecule has 21 heavy (non-hydrogen) atoms. The Balaban J connectivity index is 1.99. The Hall–Kier alpha value is -2.48. The van der Waals surface area contributed by atoms with Crippen molar-refractivity contribution >= 4 is 6.08 Å². The summed E-state index contributed by atoms with van der Waals surface area (Å²) in [5.41, 5.74) is 3.82. The highest BCUT2D eigenvalue weighted by atomic mass is 14.9. The van der Waals surface area contributed by atoms with Crippen LogP contribution in [0.3, 0.4) is 0 Å². The summed E-state index contributed by atoms with van der Waals surface area (Å²) in [6, 6.07) is 19.1. The van der Waals surface area contributed by atoms with Crippen LogP contribution in [0.2, 0.25) is 0 Å². The highest BCUT2D eigenvalue weighted by Gasteiger charge is 2.13. The van der Waals surface area contributed by atoms with Gasteiger partial charge < -0.3 is 9.13 Å². The Morgan fingerprint density at radius 3 is 2.14 bits per heavy atom. The number of nitrogens with zero attached hydrogens (tertiary/aromatic N) is 2. The van der Waals surface area contributed by atoms with E-state index in [9.17, 15) is 0 Å². The zero-order chi connectivity index (χ0) is 14.7. The van der Waals surface area contributed by atoms with Gasteiger partial charge in [0.05, 0.1) is 0 Å². The molecule has 0 amide bonds. The van der Waals surface area contributed by atoms with Gasteiger partial charge in [-0.15, -0.1) is 0 Å². The molecule has 0 bridgehead atoms. The van der Waals surface area contributed by atoms with Crippen molar-refractivity contribution in [3.63, 3.8) is 0 Å². The Kier molecular flexibility index (Phi) is 3.78. The van der Waals surface area contributed by atoms with Gasteiger partial charge in [-0.25, -0.2) is 0 Å². The second kappa shape index (κ2) is 5.88. The Morgan fingerprint density at radius 2 is 1.52 bits per heavy atom. The molecule has 1 unspecified atom stereocenters. The SMILES string of the molecule is Cn1cccc1/C=C/C(c1ccccc1)c1cccn1C. The molecule has 0 spiro atoms. The fourth-order valence-electron chi connectivity index (χ4n) is 2.68. The van der Waals surface area contributed by atoms with Crippen LogP contribution in [0, 0.1) is 0 Å². The van der Waals surface area contributed by atoms with Gasteiger partial charge in [-0.2, -0.15) is 0 Å². The molecule has 3 aromatic rings. The summed E-state index contributed by atoms with van der Waals surface area (Å²) in [5, 5.41) is 0. The van der Waals surface area contributed by atoms with E-state index in [0.717, 1.165) is 0 Å². The Morgan fingerprint density at radius 1 is 0.810 bits per heavy atom. The molecule has 0 saturated heterocycles. The van der Waals surface area contributed by atoms with Crippen LogP contribution < -0.4 is 0 Å². The third kappa shape index (κ3) is 2.84. The molecule has 106 valence electrons. The lowest BCUT2D eigenvalue weighted by Gasteiger charge is -2.15. The van der Waals surface area contributed by atoms with Crippen LogP contribution >= 0.6 is 0 Å². The number of allylic oxidation sites excluding steroid dienone is 1. The van der Waals surface area contributed by atoms with Crippen molar-refractivity contribution in [3.8, 4) is 0 Å². The van der Waals surface area contributed by atoms with Gasteiger partial charge in [0.1, 0.15) is 0 Å². The zero-order valence-electron chi connectivity index (χ0n) is 12.5. The maximum absolute atomic E-state index is 2.28. The number of hydrogen-bond donors (Lipinski definition) is 0. The van der Waals surface area contributed by atoms with Crippen molar-refractivity contribution in [3.05, 3.63) is 90.0 Å². The van der Waals surface area contributed by atoms with E-state index in [2.05, 4.69) is 102 Å². The Bertz CT molecular complexity index is 732. The second-order valence-electron chi connectivity index (χ2n) is 5.34. The molecule has 1 atom stereocenters. The van der Waals surface area contributed by atoms with E-state index < -0.39 is 0 Å². The normalized spacial score (nSPS) is 12.9. The molecule has 0 N–H and O–H groups in total. The van der Waals surface area contributed by atoms with Crippen LogP contribution in [0.25, 0.3) is 6.08 Å². The van der Waals surface area contributed by atoms with Crippen molar-refractivity contribution in [2.24, 2.45) is 14.1 Å². The molecular weight excluding hydrogens is 256 g/mol. The summed E-state index contributed by atoms with van der Waals surface area (Å²) in [6.45, 7) is 0. The quantitative estimate of drug-likeness (QED) is 0.675. The minimum absolute atomic E-state index is 0.265. The first-order valence-electron chi connectivity index (χ1n) is 7.21. The van der Waals surface area contributed by atoms with Gasteiger partial charge in [-0.05, 0) is 35.9 Å². The van der Waals surface area contributed by atoms with Gasteiger partial charge in [0, 0.05) is 43.8 Å². The monoisotopic (exact) mass is 276 g/mol. The van der Waals surface area contributed by atoms with Gasteiger partial charge in [0.2, 0.25) is 0 Å². The van der Waals surface area contributed by atoms with E-state index >= 15 is 0 Å². The molecule has 2 nitrogen and oxygen atoms in total. The van der Waals surface area contributed by atoms with Crippen LogP contribution in [-0.2, 0) is 14.1 Å². The number of aryl methyl sites for hydroxylation is 2. The predicted molar refractivity (Wildman–Crippen MR) is 88.1 cm³/mol. The van der Waals surface area contributed by atoms with Crippen LogP contribution in [-0.4, -0.2) is 9.13 Å². The van der Waals surface area contributed by atoms with Crippen molar-refractivity contribution in [2.45, 2.75) is 5.92 Å². The third-order valence-corrected chi connectivity index (χ3v) is 3.90. The number of benzene rings is 1. The summed E-state index contributed by atoms with van der Waals surface area (Å²) >= 11 is 0. The highest BCUT2D eigenvalue weighted by molar-refractivity contribution is 5.50. The first kappa shape index (κ1) is 13.5. The van der Waals surface area contributed by atoms with E-state index in [1.54, 1.807) is 0 Å². The molecule has 0 saturated carbocycles. The molecule has 2 heteroatoms. The lowest BCUT2D eigenvalue weighted by Crippen LogP contribution is -2.03. The predicted octanol–water partition coefficient (Wildman–Crippen LogP) is 4.21. The summed E-state index contributed by atoms with van der Waals surface area (Å²) in [6.07, 6.45) is 8.64. The minimum Gasteiger partial charge on any atom is -0.354 e. The van der Waals surface area contributed by atoms with Crippen molar-refractivity contribution < 1.29 is 0 Å². The standard InChI is InChI=1S/C19H20N2/c1-20-14-6-10-17(20)12-13-18(16-8-4-3-5-9-16)19-11-7-15-21(19)2/h3-15,18H,1-2H3/b13-12+. The van der Waals surface area contributed by atoms with E-state index in [0.29, 0.717) is 0 Å². The summed E-state index contributed by atoms with van der Waals surface area (Å²) in [4.78, 5) is 0. The largest absolute Gasteiger partial charge is 0.354 e. The fourth-order valence-corrected chi connectivity index (χ4v) is 2.68. The topological polar surface area (TPSA) is 9.86 Å². The highest BCUT2D eigenvalue weighted by Crippen LogP contribution is 2.26.